The van der Waals surface area contributed by atoms with Gasteiger partial charge in [-0.1, -0.05) is 0 Å². The van der Waals surface area contributed by atoms with Gasteiger partial charge in [0.25, 0.3) is 0 Å². The Balaban J connectivity index is 4.07. The third-order valence-corrected chi connectivity index (χ3v) is 0.584. The van der Waals surface area contributed by atoms with Gasteiger partial charge in [0.2, 0.25) is 0 Å². The average molecular weight is 116 g/mol. The summed E-state index contributed by atoms with van der Waals surface area (Å²) < 4.78 is 0. The van der Waals surface area contributed by atoms with Crippen LogP contribution in [0.2, 0.25) is 0 Å². The number of hydrogen-bond acceptors (Lipinski definition) is 5. The molecule has 0 aliphatic rings. The third-order valence-electron chi connectivity index (χ3n) is 0.584. The van der Waals surface area contributed by atoms with E-state index in [0.717, 1.165) is 0 Å². The molecule has 46 valence electrons. The van der Waals surface area contributed by atoms with E-state index in [9.17, 15) is 4.79 Å². The van der Waals surface area contributed by atoms with Gasteiger partial charge in [0.1, 0.15) is 11.5 Å². The van der Waals surface area contributed by atoms with Crippen molar-refractivity contribution >= 4 is 6.29 Å². The Hall–Kier alpha value is -1.23. The van der Waals surface area contributed by atoms with Gasteiger partial charge in [0.05, 0.1) is 0 Å². The van der Waals surface area contributed by atoms with Gasteiger partial charge in [0.15, 0.2) is 6.29 Å². The molecule has 0 unspecified atom stereocenters. The van der Waals surface area contributed by atoms with Gasteiger partial charge >= 0.3 is 0 Å². The van der Waals surface area contributed by atoms with E-state index in [1.54, 1.807) is 0 Å². The van der Waals surface area contributed by atoms with Crippen molar-refractivity contribution in [3.63, 3.8) is 0 Å². The molecule has 8 heavy (non-hydrogen) atoms. The van der Waals surface area contributed by atoms with Crippen LogP contribution in [-0.2, 0) is 4.79 Å². The molecule has 7 N–H and O–H groups in total. The Morgan fingerprint density at radius 3 is 2.00 bits per heavy atom. The van der Waals surface area contributed by atoms with Crippen LogP contribution < -0.4 is 22.7 Å². The molecule has 0 aromatic rings. The van der Waals surface area contributed by atoms with Crippen LogP contribution in [0, 0.1) is 0 Å². The normalized spacial score (nSPS) is 7.62. The SMILES string of the molecule is NNC(C=O)=C(N)N. The van der Waals surface area contributed by atoms with Crippen LogP contribution >= 0.6 is 0 Å². The zero-order valence-corrected chi connectivity index (χ0v) is 4.22. The molecular formula is C3H8N4O. The second-order valence-corrected chi connectivity index (χ2v) is 1.13. The number of allylic oxidation sites excluding steroid dienone is 1. The molecular weight excluding hydrogens is 108 g/mol. The Bertz CT molecular complexity index is 114. The summed E-state index contributed by atoms with van der Waals surface area (Å²) in [7, 11) is 0. The molecule has 0 aromatic carbocycles. The number of rotatable bonds is 2. The van der Waals surface area contributed by atoms with Crippen molar-refractivity contribution < 1.29 is 4.79 Å². The molecule has 0 aliphatic heterocycles. The smallest absolute Gasteiger partial charge is 0.170 e. The Labute approximate surface area is 46.5 Å². The second-order valence-electron chi connectivity index (χ2n) is 1.13. The van der Waals surface area contributed by atoms with Crippen LogP contribution in [-0.4, -0.2) is 6.29 Å². The van der Waals surface area contributed by atoms with Crippen molar-refractivity contribution in [1.82, 2.24) is 5.43 Å². The maximum absolute atomic E-state index is 9.82. The van der Waals surface area contributed by atoms with E-state index < -0.39 is 0 Å². The van der Waals surface area contributed by atoms with Crippen molar-refractivity contribution in [1.29, 1.82) is 0 Å². The monoisotopic (exact) mass is 116 g/mol. The lowest BCUT2D eigenvalue weighted by atomic mass is 10.5. The molecule has 0 spiro atoms. The van der Waals surface area contributed by atoms with Gasteiger partial charge in [-0.3, -0.25) is 10.6 Å². The standard InChI is InChI=1S/C3H8N4O/c4-3(5)2(1-8)7-6/h1,7H,4-6H2. The van der Waals surface area contributed by atoms with Crippen LogP contribution in [0.15, 0.2) is 11.5 Å². The predicted molar refractivity (Wildman–Crippen MR) is 28.8 cm³/mol. The van der Waals surface area contributed by atoms with Crippen molar-refractivity contribution in [2.45, 2.75) is 0 Å². The van der Waals surface area contributed by atoms with Crippen LogP contribution in [0.1, 0.15) is 0 Å². The summed E-state index contributed by atoms with van der Waals surface area (Å²) in [6.07, 6.45) is 0.440. The molecule has 5 nitrogen and oxygen atoms in total. The second kappa shape index (κ2) is 2.86. The summed E-state index contributed by atoms with van der Waals surface area (Å²) in [5.74, 6) is 4.68. The maximum Gasteiger partial charge on any atom is 0.170 e. The molecule has 0 rings (SSSR count). The molecule has 0 aromatic heterocycles. The number of carbonyl (C=O) groups is 1. The van der Waals surface area contributed by atoms with Crippen LogP contribution in [0.5, 0.6) is 0 Å². The summed E-state index contributed by atoms with van der Waals surface area (Å²) in [6.45, 7) is 0. The average Bonchev–Trinajstić information content (AvgIpc) is 1.69. The molecule has 0 heterocycles. The number of hydrogen-bond donors (Lipinski definition) is 4. The first-order valence-corrected chi connectivity index (χ1v) is 1.89. The third kappa shape index (κ3) is 1.48. The lowest BCUT2D eigenvalue weighted by Crippen LogP contribution is -2.28. The van der Waals surface area contributed by atoms with E-state index in [0.29, 0.717) is 6.29 Å². The molecule has 0 fully saturated rings. The minimum Gasteiger partial charge on any atom is -0.384 e. The highest BCUT2D eigenvalue weighted by atomic mass is 16.1. The highest BCUT2D eigenvalue weighted by Gasteiger charge is 1.91. The molecule has 0 amide bonds. The van der Waals surface area contributed by atoms with Crippen molar-refractivity contribution in [3.8, 4) is 0 Å². The van der Waals surface area contributed by atoms with E-state index in [-0.39, 0.29) is 11.5 Å². The van der Waals surface area contributed by atoms with Gasteiger partial charge in [-0.2, -0.15) is 0 Å². The first-order valence-electron chi connectivity index (χ1n) is 1.89. The van der Waals surface area contributed by atoms with Gasteiger partial charge < -0.3 is 16.9 Å². The summed E-state index contributed by atoms with van der Waals surface area (Å²) in [6, 6.07) is 0. The zero-order valence-electron chi connectivity index (χ0n) is 4.22. The minimum absolute atomic E-state index is 0.00463. The van der Waals surface area contributed by atoms with Gasteiger partial charge in [-0.15, -0.1) is 0 Å². The molecule has 0 atom stereocenters. The van der Waals surface area contributed by atoms with Crippen molar-refractivity contribution in [2.75, 3.05) is 0 Å². The lowest BCUT2D eigenvalue weighted by molar-refractivity contribution is -0.105. The van der Waals surface area contributed by atoms with Gasteiger partial charge in [-0.05, 0) is 0 Å². The van der Waals surface area contributed by atoms with Crippen LogP contribution in [0.4, 0.5) is 0 Å². The predicted octanol–water partition coefficient (Wildman–Crippen LogP) is -2.26. The number of carbonyl (C=O) groups excluding carboxylic acids is 1. The fourth-order valence-electron chi connectivity index (χ4n) is 0.185. The van der Waals surface area contributed by atoms with Gasteiger partial charge in [-0.25, -0.2) is 0 Å². The summed E-state index contributed by atoms with van der Waals surface area (Å²) in [5.41, 5.74) is 11.9. The first kappa shape index (κ1) is 6.77. The lowest BCUT2D eigenvalue weighted by Gasteiger charge is -1.96. The highest BCUT2D eigenvalue weighted by Crippen LogP contribution is 1.76. The molecule has 0 bridgehead atoms. The number of nitrogens with one attached hydrogen (secondary N) is 1. The van der Waals surface area contributed by atoms with E-state index in [1.165, 1.54) is 0 Å². The van der Waals surface area contributed by atoms with E-state index in [1.807, 2.05) is 5.43 Å². The quantitative estimate of drug-likeness (QED) is 0.141. The molecule has 0 saturated heterocycles. The summed E-state index contributed by atoms with van der Waals surface area (Å²) in [4.78, 5) is 9.82. The van der Waals surface area contributed by atoms with Crippen molar-refractivity contribution in [3.05, 3.63) is 11.5 Å². The minimum atomic E-state index is -0.109. The number of aldehydes is 1. The molecule has 5 heteroatoms. The Morgan fingerprint density at radius 1 is 1.50 bits per heavy atom. The maximum atomic E-state index is 9.82. The molecule has 0 saturated carbocycles. The molecule has 0 radical (unpaired) electrons. The number of nitrogens with two attached hydrogens (primary N) is 3. The summed E-state index contributed by atoms with van der Waals surface area (Å²) in [5, 5.41) is 0. The van der Waals surface area contributed by atoms with Crippen LogP contribution in [0.25, 0.3) is 0 Å². The number of hydrazine groups is 1. The zero-order chi connectivity index (χ0) is 6.57. The first-order chi connectivity index (χ1) is 3.72. The summed E-state index contributed by atoms with van der Waals surface area (Å²) >= 11 is 0. The highest BCUT2D eigenvalue weighted by molar-refractivity contribution is 5.72. The van der Waals surface area contributed by atoms with E-state index >= 15 is 0 Å². The fraction of sp³-hybridized carbons (Fsp3) is 0. The largest absolute Gasteiger partial charge is 0.384 e. The van der Waals surface area contributed by atoms with Crippen LogP contribution in [0.3, 0.4) is 0 Å². The Kier molecular flexibility index (Phi) is 2.42. The van der Waals surface area contributed by atoms with Crippen molar-refractivity contribution in [2.24, 2.45) is 17.3 Å². The molecule has 0 aliphatic carbocycles. The van der Waals surface area contributed by atoms with E-state index in [4.69, 9.17) is 17.3 Å². The van der Waals surface area contributed by atoms with Gasteiger partial charge in [0, 0.05) is 0 Å². The fourth-order valence-corrected chi connectivity index (χ4v) is 0.185. The topological polar surface area (TPSA) is 107 Å². The van der Waals surface area contributed by atoms with E-state index in [2.05, 4.69) is 0 Å². The Morgan fingerprint density at radius 2 is 2.00 bits per heavy atom.